The molecule has 0 saturated heterocycles. The minimum Gasteiger partial charge on any atom is -0.480 e. The van der Waals surface area contributed by atoms with Gasteiger partial charge >= 0.3 is 18.0 Å². The van der Waals surface area contributed by atoms with E-state index in [0.717, 1.165) is 12.0 Å². The molecule has 0 aliphatic rings. The van der Waals surface area contributed by atoms with Crippen LogP contribution in [0.4, 0.5) is 4.79 Å². The van der Waals surface area contributed by atoms with Gasteiger partial charge in [-0.1, -0.05) is 23.7 Å². The minimum atomic E-state index is -1.20. The molecule has 1 aromatic rings. The Balaban J connectivity index is 2.19. The molecule has 1 unspecified atom stereocenters. The van der Waals surface area contributed by atoms with Gasteiger partial charge < -0.3 is 26.2 Å². The minimum absolute atomic E-state index is 0.262. The van der Waals surface area contributed by atoms with Gasteiger partial charge in [-0.05, 0) is 43.5 Å². The van der Waals surface area contributed by atoms with Crippen molar-refractivity contribution in [2.24, 2.45) is 0 Å². The number of carboxylic acid groups (broad SMARTS) is 2. The maximum Gasteiger partial charge on any atom is 0.326 e. The molecule has 0 fully saturated rings. The number of rotatable bonds is 11. The number of benzene rings is 1. The Hall–Kier alpha value is -2.32. The van der Waals surface area contributed by atoms with Crippen LogP contribution in [0.1, 0.15) is 24.8 Å². The van der Waals surface area contributed by atoms with E-state index in [-0.39, 0.29) is 6.42 Å². The number of carbonyl (C=O) groups is 3. The first-order valence-corrected chi connectivity index (χ1v) is 8.20. The fraction of sp³-hybridized carbons (Fsp3) is 0.438. The zero-order chi connectivity index (χ0) is 18.7. The summed E-state index contributed by atoms with van der Waals surface area (Å²) < 4.78 is 0. The lowest BCUT2D eigenvalue weighted by Crippen LogP contribution is -2.47. The van der Waals surface area contributed by atoms with Crippen LogP contribution in [0.25, 0.3) is 0 Å². The van der Waals surface area contributed by atoms with Gasteiger partial charge in [0, 0.05) is 11.6 Å². The van der Waals surface area contributed by atoms with Crippen LogP contribution < -0.4 is 16.0 Å². The average molecular weight is 372 g/mol. The van der Waals surface area contributed by atoms with Crippen LogP contribution in [0.3, 0.4) is 0 Å². The SMILES string of the molecule is O=C(O)CNC(=O)NC(CCCCNCc1ccc(Cl)cc1)C(=O)O. The highest BCUT2D eigenvalue weighted by atomic mass is 35.5. The van der Waals surface area contributed by atoms with Crippen molar-refractivity contribution in [2.45, 2.75) is 31.8 Å². The molecule has 0 spiro atoms. The van der Waals surface area contributed by atoms with Crippen molar-refractivity contribution in [3.8, 4) is 0 Å². The number of hydrogen-bond acceptors (Lipinski definition) is 4. The Labute approximate surface area is 150 Å². The second-order valence-electron chi connectivity index (χ2n) is 5.41. The third-order valence-electron chi connectivity index (χ3n) is 3.34. The van der Waals surface area contributed by atoms with Crippen molar-refractivity contribution in [3.63, 3.8) is 0 Å². The fourth-order valence-electron chi connectivity index (χ4n) is 2.06. The Kier molecular flexibility index (Phi) is 9.34. The third-order valence-corrected chi connectivity index (χ3v) is 3.59. The molecule has 0 saturated carbocycles. The third kappa shape index (κ3) is 9.53. The van der Waals surface area contributed by atoms with E-state index in [9.17, 15) is 14.4 Å². The Morgan fingerprint density at radius 2 is 1.76 bits per heavy atom. The van der Waals surface area contributed by atoms with Crippen LogP contribution in [0, 0.1) is 0 Å². The van der Waals surface area contributed by atoms with Gasteiger partial charge in [0.05, 0.1) is 0 Å². The molecule has 0 aliphatic carbocycles. The lowest BCUT2D eigenvalue weighted by atomic mass is 10.1. The molecule has 2 amide bonds. The number of unbranched alkanes of at least 4 members (excludes halogenated alkanes) is 1. The number of nitrogens with one attached hydrogen (secondary N) is 3. The fourth-order valence-corrected chi connectivity index (χ4v) is 2.18. The van der Waals surface area contributed by atoms with Crippen LogP contribution in [-0.2, 0) is 16.1 Å². The Morgan fingerprint density at radius 3 is 2.36 bits per heavy atom. The van der Waals surface area contributed by atoms with Crippen LogP contribution in [0.5, 0.6) is 0 Å². The summed E-state index contributed by atoms with van der Waals surface area (Å²) in [5.74, 6) is -2.35. The molecule has 0 aliphatic heterocycles. The summed E-state index contributed by atoms with van der Waals surface area (Å²) >= 11 is 5.81. The molecule has 0 radical (unpaired) electrons. The number of urea groups is 1. The topological polar surface area (TPSA) is 128 Å². The van der Waals surface area contributed by atoms with E-state index in [1.54, 1.807) is 0 Å². The molecular weight excluding hydrogens is 350 g/mol. The number of carbonyl (C=O) groups excluding carboxylic acids is 1. The second kappa shape index (κ2) is 11.3. The van der Waals surface area contributed by atoms with Crippen molar-refractivity contribution in [3.05, 3.63) is 34.9 Å². The molecule has 0 bridgehead atoms. The van der Waals surface area contributed by atoms with Crippen molar-refractivity contribution >= 4 is 29.6 Å². The molecule has 25 heavy (non-hydrogen) atoms. The van der Waals surface area contributed by atoms with Crippen molar-refractivity contribution in [1.82, 2.24) is 16.0 Å². The monoisotopic (exact) mass is 371 g/mol. The summed E-state index contributed by atoms with van der Waals surface area (Å²) in [7, 11) is 0. The Bertz CT molecular complexity index is 580. The predicted octanol–water partition coefficient (Wildman–Crippen LogP) is 1.44. The molecule has 0 aromatic heterocycles. The van der Waals surface area contributed by atoms with E-state index in [2.05, 4.69) is 16.0 Å². The number of halogens is 1. The highest BCUT2D eigenvalue weighted by Gasteiger charge is 2.19. The van der Waals surface area contributed by atoms with E-state index in [1.165, 1.54) is 0 Å². The summed E-state index contributed by atoms with van der Waals surface area (Å²) in [6.07, 6.45) is 1.61. The predicted molar refractivity (Wildman–Crippen MR) is 92.6 cm³/mol. The standard InChI is InChI=1S/C16H22ClN3O5/c17-12-6-4-11(5-7-12)9-18-8-2-1-3-13(15(23)24)20-16(25)19-10-14(21)22/h4-7,13,18H,1-3,8-10H2,(H,21,22)(H,23,24)(H2,19,20,25). The van der Waals surface area contributed by atoms with Gasteiger partial charge in [-0.15, -0.1) is 0 Å². The largest absolute Gasteiger partial charge is 0.480 e. The normalized spacial score (nSPS) is 11.6. The quantitative estimate of drug-likeness (QED) is 0.374. The van der Waals surface area contributed by atoms with Gasteiger partial charge in [0.25, 0.3) is 0 Å². The van der Waals surface area contributed by atoms with E-state index < -0.39 is 30.6 Å². The zero-order valence-corrected chi connectivity index (χ0v) is 14.4. The number of amides is 2. The summed E-state index contributed by atoms with van der Waals surface area (Å²) in [5.41, 5.74) is 1.10. The summed E-state index contributed by atoms with van der Waals surface area (Å²) in [4.78, 5) is 32.9. The first kappa shape index (κ1) is 20.7. The summed E-state index contributed by atoms with van der Waals surface area (Å²) in [6.45, 7) is 0.836. The van der Waals surface area contributed by atoms with Crippen LogP contribution in [-0.4, -0.2) is 47.3 Å². The highest BCUT2D eigenvalue weighted by Crippen LogP contribution is 2.09. The first-order valence-electron chi connectivity index (χ1n) is 7.82. The molecule has 1 atom stereocenters. The lowest BCUT2D eigenvalue weighted by molar-refractivity contribution is -0.139. The molecule has 1 rings (SSSR count). The van der Waals surface area contributed by atoms with E-state index in [0.29, 0.717) is 24.5 Å². The second-order valence-corrected chi connectivity index (χ2v) is 5.85. The van der Waals surface area contributed by atoms with E-state index in [4.69, 9.17) is 21.8 Å². The van der Waals surface area contributed by atoms with Gasteiger partial charge in [0.15, 0.2) is 0 Å². The maximum absolute atomic E-state index is 11.4. The van der Waals surface area contributed by atoms with Gasteiger partial charge in [-0.25, -0.2) is 9.59 Å². The maximum atomic E-state index is 11.4. The smallest absolute Gasteiger partial charge is 0.326 e. The van der Waals surface area contributed by atoms with Gasteiger partial charge in [-0.2, -0.15) is 0 Å². The molecule has 8 nitrogen and oxygen atoms in total. The number of carboxylic acids is 2. The van der Waals surface area contributed by atoms with Crippen LogP contribution in [0.2, 0.25) is 5.02 Å². The van der Waals surface area contributed by atoms with Crippen molar-refractivity contribution < 1.29 is 24.6 Å². The first-order chi connectivity index (χ1) is 11.9. The van der Waals surface area contributed by atoms with Gasteiger partial charge in [-0.3, -0.25) is 4.79 Å². The molecule has 0 heterocycles. The van der Waals surface area contributed by atoms with Crippen molar-refractivity contribution in [1.29, 1.82) is 0 Å². The van der Waals surface area contributed by atoms with E-state index >= 15 is 0 Å². The number of hydrogen-bond donors (Lipinski definition) is 5. The summed E-state index contributed by atoms with van der Waals surface area (Å²) in [6, 6.07) is 5.62. The average Bonchev–Trinajstić information content (AvgIpc) is 2.56. The lowest BCUT2D eigenvalue weighted by Gasteiger charge is -2.14. The summed E-state index contributed by atoms with van der Waals surface area (Å²) in [5, 5.41) is 25.8. The highest BCUT2D eigenvalue weighted by molar-refractivity contribution is 6.30. The van der Waals surface area contributed by atoms with Gasteiger partial charge in [0.1, 0.15) is 12.6 Å². The van der Waals surface area contributed by atoms with Crippen LogP contribution in [0.15, 0.2) is 24.3 Å². The van der Waals surface area contributed by atoms with Crippen LogP contribution >= 0.6 is 11.6 Å². The molecule has 5 N–H and O–H groups in total. The molecule has 9 heteroatoms. The molecular formula is C16H22ClN3O5. The molecule has 138 valence electrons. The van der Waals surface area contributed by atoms with E-state index in [1.807, 2.05) is 24.3 Å². The Morgan fingerprint density at radius 1 is 1.08 bits per heavy atom. The van der Waals surface area contributed by atoms with Gasteiger partial charge in [0.2, 0.25) is 0 Å². The molecule has 1 aromatic carbocycles. The number of aliphatic carboxylic acids is 2. The van der Waals surface area contributed by atoms with Crippen molar-refractivity contribution in [2.75, 3.05) is 13.1 Å². The zero-order valence-electron chi connectivity index (χ0n) is 13.6.